The van der Waals surface area contributed by atoms with Crippen molar-refractivity contribution in [3.63, 3.8) is 0 Å². The normalized spacial score (nSPS) is 14.8. The molecule has 1 N–H and O–H groups in total. The van der Waals surface area contributed by atoms with Crippen molar-refractivity contribution in [1.29, 1.82) is 0 Å². The molecule has 1 amide bonds. The smallest absolute Gasteiger partial charge is 0.407 e. The number of nitrogens with zero attached hydrogens (tertiary/aromatic N) is 2. The molecule has 2 rings (SSSR count). The Morgan fingerprint density at radius 3 is 2.15 bits per heavy atom. The van der Waals surface area contributed by atoms with Crippen molar-refractivity contribution in [2.24, 2.45) is 0 Å². The van der Waals surface area contributed by atoms with Crippen LogP contribution in [0, 0.1) is 0 Å². The molecule has 0 unspecified atom stereocenters. The van der Waals surface area contributed by atoms with E-state index < -0.39 is 23.4 Å². The van der Waals surface area contributed by atoms with E-state index in [1.165, 1.54) is 19.1 Å². The highest BCUT2D eigenvalue weighted by atomic mass is 16.5. The monoisotopic (exact) mass is 364 g/mol. The second kappa shape index (κ2) is 7.63. The zero-order chi connectivity index (χ0) is 19.5. The van der Waals surface area contributed by atoms with Crippen LogP contribution in [0.25, 0.3) is 0 Å². The standard InChI is InChI=1S/C18H24N2O6/c1-18(2,16(22)26-4)14-6-5-12(11-13(14)15(21)25-3)19-7-9-20(10-8-19)17(23)24/h5-6,11H,7-10H2,1-4H3,(H,23,24). The van der Waals surface area contributed by atoms with Crippen molar-refractivity contribution in [1.82, 2.24) is 4.90 Å². The van der Waals surface area contributed by atoms with Gasteiger partial charge in [-0.3, -0.25) is 4.79 Å². The lowest BCUT2D eigenvalue weighted by Gasteiger charge is -2.35. The van der Waals surface area contributed by atoms with Gasteiger partial charge in [0.1, 0.15) is 0 Å². The van der Waals surface area contributed by atoms with Crippen molar-refractivity contribution in [3.8, 4) is 0 Å². The number of methoxy groups -OCH3 is 2. The number of carbonyl (C=O) groups is 3. The third-order valence-electron chi connectivity index (χ3n) is 4.69. The number of ether oxygens (including phenoxy) is 2. The molecule has 1 aromatic rings. The summed E-state index contributed by atoms with van der Waals surface area (Å²) in [5.74, 6) is -0.992. The molecule has 142 valence electrons. The Morgan fingerprint density at radius 1 is 1.04 bits per heavy atom. The van der Waals surface area contributed by atoms with Crippen LogP contribution in [0.5, 0.6) is 0 Å². The Hall–Kier alpha value is -2.77. The first-order valence-corrected chi connectivity index (χ1v) is 8.26. The Kier molecular flexibility index (Phi) is 5.74. The van der Waals surface area contributed by atoms with Crippen LogP contribution in [0.2, 0.25) is 0 Å². The van der Waals surface area contributed by atoms with Crippen molar-refractivity contribution < 1.29 is 29.0 Å². The lowest BCUT2D eigenvalue weighted by atomic mass is 9.81. The van der Waals surface area contributed by atoms with E-state index in [2.05, 4.69) is 0 Å². The summed E-state index contributed by atoms with van der Waals surface area (Å²) in [4.78, 5) is 38.8. The van der Waals surface area contributed by atoms with Crippen LogP contribution in [-0.4, -0.2) is 68.4 Å². The van der Waals surface area contributed by atoms with Crippen LogP contribution in [0.4, 0.5) is 10.5 Å². The first-order valence-electron chi connectivity index (χ1n) is 8.26. The average molecular weight is 364 g/mol. The molecule has 1 saturated heterocycles. The maximum Gasteiger partial charge on any atom is 0.407 e. The number of piperazine rings is 1. The van der Waals surface area contributed by atoms with E-state index in [-0.39, 0.29) is 0 Å². The van der Waals surface area contributed by atoms with Gasteiger partial charge in [0.15, 0.2) is 0 Å². The van der Waals surface area contributed by atoms with Crippen LogP contribution in [0.3, 0.4) is 0 Å². The predicted octanol–water partition coefficient (Wildman–Crippen LogP) is 1.72. The molecule has 0 aromatic heterocycles. The molecule has 0 bridgehead atoms. The Bertz CT molecular complexity index is 708. The molecule has 1 heterocycles. The molecular weight excluding hydrogens is 340 g/mol. The van der Waals surface area contributed by atoms with E-state index in [0.29, 0.717) is 37.3 Å². The summed E-state index contributed by atoms with van der Waals surface area (Å²) in [7, 11) is 2.59. The van der Waals surface area contributed by atoms with Crippen molar-refractivity contribution >= 4 is 23.7 Å². The second-order valence-corrected chi connectivity index (χ2v) is 6.59. The van der Waals surface area contributed by atoms with Gasteiger partial charge < -0.3 is 24.4 Å². The number of carbonyl (C=O) groups excluding carboxylic acids is 2. The molecule has 1 aliphatic heterocycles. The number of benzene rings is 1. The fourth-order valence-electron chi connectivity index (χ4n) is 3.07. The third-order valence-corrected chi connectivity index (χ3v) is 4.69. The van der Waals surface area contributed by atoms with Crippen LogP contribution in [-0.2, 0) is 19.7 Å². The van der Waals surface area contributed by atoms with Crippen molar-refractivity contribution in [2.45, 2.75) is 19.3 Å². The van der Waals surface area contributed by atoms with Crippen molar-refractivity contribution in [2.75, 3.05) is 45.3 Å². The van der Waals surface area contributed by atoms with Gasteiger partial charge in [0.05, 0.1) is 25.2 Å². The average Bonchev–Trinajstić information content (AvgIpc) is 2.66. The van der Waals surface area contributed by atoms with Gasteiger partial charge >= 0.3 is 18.0 Å². The Morgan fingerprint density at radius 2 is 1.65 bits per heavy atom. The summed E-state index contributed by atoms with van der Waals surface area (Å²) in [5.41, 5.74) is 0.573. The molecule has 26 heavy (non-hydrogen) atoms. The fourth-order valence-corrected chi connectivity index (χ4v) is 3.07. The molecule has 0 aliphatic carbocycles. The first-order chi connectivity index (χ1) is 12.2. The highest BCUT2D eigenvalue weighted by Gasteiger charge is 2.35. The number of anilines is 1. The van der Waals surface area contributed by atoms with E-state index in [9.17, 15) is 14.4 Å². The summed E-state index contributed by atoms with van der Waals surface area (Å²) >= 11 is 0. The Labute approximate surface area is 152 Å². The van der Waals surface area contributed by atoms with Crippen LogP contribution >= 0.6 is 0 Å². The molecule has 0 spiro atoms. The topological polar surface area (TPSA) is 96.4 Å². The number of hydrogen-bond donors (Lipinski definition) is 1. The molecule has 8 nitrogen and oxygen atoms in total. The largest absolute Gasteiger partial charge is 0.468 e. The number of carboxylic acid groups (broad SMARTS) is 1. The van der Waals surface area contributed by atoms with Gasteiger partial charge in [0.2, 0.25) is 0 Å². The molecule has 8 heteroatoms. The highest BCUT2D eigenvalue weighted by molar-refractivity contribution is 5.96. The van der Waals surface area contributed by atoms with Gasteiger partial charge in [-0.15, -0.1) is 0 Å². The molecule has 1 fully saturated rings. The predicted molar refractivity (Wildman–Crippen MR) is 94.6 cm³/mol. The highest BCUT2D eigenvalue weighted by Crippen LogP contribution is 2.31. The summed E-state index contributed by atoms with van der Waals surface area (Å²) in [6.07, 6.45) is -0.935. The summed E-state index contributed by atoms with van der Waals surface area (Å²) < 4.78 is 9.74. The quantitative estimate of drug-likeness (QED) is 0.813. The van der Waals surface area contributed by atoms with Gasteiger partial charge in [0, 0.05) is 31.9 Å². The molecule has 1 aliphatic rings. The van der Waals surface area contributed by atoms with Gasteiger partial charge in [-0.05, 0) is 31.5 Å². The summed E-state index contributed by atoms with van der Waals surface area (Å²) in [6.45, 7) is 5.19. The zero-order valence-corrected chi connectivity index (χ0v) is 15.4. The zero-order valence-electron chi connectivity index (χ0n) is 15.4. The van der Waals surface area contributed by atoms with E-state index in [0.717, 1.165) is 5.69 Å². The molecular formula is C18H24N2O6. The maximum absolute atomic E-state index is 12.3. The lowest BCUT2D eigenvalue weighted by Crippen LogP contribution is -2.48. The van der Waals surface area contributed by atoms with Crippen molar-refractivity contribution in [3.05, 3.63) is 29.3 Å². The van der Waals surface area contributed by atoms with Gasteiger partial charge in [-0.2, -0.15) is 0 Å². The van der Waals surface area contributed by atoms with E-state index in [1.54, 1.807) is 26.0 Å². The lowest BCUT2D eigenvalue weighted by molar-refractivity contribution is -0.146. The molecule has 0 radical (unpaired) electrons. The summed E-state index contributed by atoms with van der Waals surface area (Å²) in [6, 6.07) is 5.23. The number of hydrogen-bond acceptors (Lipinski definition) is 6. The Balaban J connectivity index is 2.36. The number of esters is 2. The van der Waals surface area contributed by atoms with Crippen LogP contribution < -0.4 is 4.90 Å². The van der Waals surface area contributed by atoms with Crippen LogP contribution in [0.1, 0.15) is 29.8 Å². The van der Waals surface area contributed by atoms with E-state index in [1.807, 2.05) is 11.0 Å². The third kappa shape index (κ3) is 3.74. The van der Waals surface area contributed by atoms with Gasteiger partial charge in [-0.1, -0.05) is 6.07 Å². The minimum Gasteiger partial charge on any atom is -0.468 e. The second-order valence-electron chi connectivity index (χ2n) is 6.59. The maximum atomic E-state index is 12.3. The number of amides is 1. The van der Waals surface area contributed by atoms with Gasteiger partial charge in [-0.25, -0.2) is 9.59 Å². The van der Waals surface area contributed by atoms with E-state index in [4.69, 9.17) is 14.6 Å². The molecule has 0 atom stereocenters. The SMILES string of the molecule is COC(=O)c1cc(N2CCN(C(=O)O)CC2)ccc1C(C)(C)C(=O)OC. The molecule has 0 saturated carbocycles. The minimum absolute atomic E-state index is 0.293. The van der Waals surface area contributed by atoms with Crippen LogP contribution in [0.15, 0.2) is 18.2 Å². The van der Waals surface area contributed by atoms with E-state index >= 15 is 0 Å². The summed E-state index contributed by atoms with van der Waals surface area (Å²) in [5, 5.41) is 9.05. The van der Waals surface area contributed by atoms with Gasteiger partial charge in [0.25, 0.3) is 0 Å². The first kappa shape index (κ1) is 19.6. The fraction of sp³-hybridized carbons (Fsp3) is 0.500. The minimum atomic E-state index is -1.02. The number of rotatable bonds is 4. The molecule has 1 aromatic carbocycles.